The number of hydrogen-bond acceptors (Lipinski definition) is 3. The zero-order chi connectivity index (χ0) is 14.5. The minimum Gasteiger partial charge on any atom is -0.341 e. The van der Waals surface area contributed by atoms with Crippen molar-refractivity contribution in [3.8, 4) is 0 Å². The molecule has 3 rings (SSSR count). The van der Waals surface area contributed by atoms with Gasteiger partial charge in [-0.2, -0.15) is 0 Å². The maximum Gasteiger partial charge on any atom is 0.222 e. The lowest BCUT2D eigenvalue weighted by molar-refractivity contribution is -0.131. The molecule has 1 unspecified atom stereocenters. The van der Waals surface area contributed by atoms with Crippen LogP contribution in [0.25, 0.3) is 0 Å². The second-order valence-electron chi connectivity index (χ2n) is 7.13. The molecule has 3 fully saturated rings. The molecule has 4 heteroatoms. The Hall–Kier alpha value is -0.610. The van der Waals surface area contributed by atoms with Gasteiger partial charge in [-0.25, -0.2) is 0 Å². The number of nitrogens with one attached hydrogen (secondary N) is 1. The minimum absolute atomic E-state index is 0.430. The highest BCUT2D eigenvalue weighted by Crippen LogP contribution is 2.27. The molecule has 0 radical (unpaired) electrons. The Bertz CT molecular complexity index is 333. The van der Waals surface area contributed by atoms with Gasteiger partial charge in [-0.05, 0) is 25.2 Å². The van der Waals surface area contributed by atoms with E-state index in [1.807, 2.05) is 0 Å². The van der Waals surface area contributed by atoms with Crippen LogP contribution in [0.1, 0.15) is 51.4 Å². The monoisotopic (exact) mass is 293 g/mol. The molecule has 0 aromatic heterocycles. The van der Waals surface area contributed by atoms with Crippen molar-refractivity contribution >= 4 is 5.91 Å². The molecule has 2 aliphatic heterocycles. The lowest BCUT2D eigenvalue weighted by Crippen LogP contribution is -2.49. The Morgan fingerprint density at radius 3 is 2.38 bits per heavy atom. The van der Waals surface area contributed by atoms with Gasteiger partial charge in [-0.1, -0.05) is 25.7 Å². The molecule has 0 aromatic carbocycles. The van der Waals surface area contributed by atoms with Crippen molar-refractivity contribution in [3.05, 3.63) is 0 Å². The molecule has 2 heterocycles. The molecule has 3 aliphatic rings. The standard InChI is InChI=1S/C17H31N3O/c21-17(13-15-5-3-1-2-4-6-15)20-10-7-16(14-20)19-11-8-18-9-12-19/h15-16,18H,1-14H2. The van der Waals surface area contributed by atoms with Gasteiger partial charge in [0.05, 0.1) is 0 Å². The van der Waals surface area contributed by atoms with Gasteiger partial charge in [0.2, 0.25) is 5.91 Å². The summed E-state index contributed by atoms with van der Waals surface area (Å²) in [6, 6.07) is 0.616. The Morgan fingerprint density at radius 1 is 0.952 bits per heavy atom. The molecule has 2 saturated heterocycles. The Kier molecular flexibility index (Phi) is 5.53. The molecule has 1 amide bonds. The molecule has 0 aromatic rings. The molecular weight excluding hydrogens is 262 g/mol. The maximum atomic E-state index is 12.5. The van der Waals surface area contributed by atoms with Gasteiger partial charge in [-0.15, -0.1) is 0 Å². The number of nitrogens with zero attached hydrogens (tertiary/aromatic N) is 2. The van der Waals surface area contributed by atoms with Crippen molar-refractivity contribution in [2.45, 2.75) is 57.4 Å². The van der Waals surface area contributed by atoms with Gasteiger partial charge in [0, 0.05) is 51.7 Å². The summed E-state index contributed by atoms with van der Waals surface area (Å²) in [5.74, 6) is 1.10. The Morgan fingerprint density at radius 2 is 1.67 bits per heavy atom. The molecule has 1 atom stereocenters. The first kappa shape index (κ1) is 15.3. The van der Waals surface area contributed by atoms with Gasteiger partial charge in [0.15, 0.2) is 0 Å². The van der Waals surface area contributed by atoms with Crippen molar-refractivity contribution < 1.29 is 4.79 Å². The normalized spacial score (nSPS) is 29.5. The molecule has 120 valence electrons. The summed E-state index contributed by atoms with van der Waals surface area (Å²) in [5.41, 5.74) is 0. The number of carbonyl (C=O) groups excluding carboxylic acids is 1. The van der Waals surface area contributed by atoms with Crippen LogP contribution in [0, 0.1) is 5.92 Å². The second-order valence-corrected chi connectivity index (χ2v) is 7.13. The van der Waals surface area contributed by atoms with E-state index in [4.69, 9.17) is 0 Å². The van der Waals surface area contributed by atoms with Crippen LogP contribution >= 0.6 is 0 Å². The van der Waals surface area contributed by atoms with E-state index in [9.17, 15) is 4.79 Å². The van der Waals surface area contributed by atoms with Crippen LogP contribution < -0.4 is 5.32 Å². The summed E-state index contributed by atoms with van der Waals surface area (Å²) in [5, 5.41) is 3.41. The number of carbonyl (C=O) groups is 1. The number of rotatable bonds is 3. The highest BCUT2D eigenvalue weighted by atomic mass is 16.2. The lowest BCUT2D eigenvalue weighted by Gasteiger charge is -2.32. The van der Waals surface area contributed by atoms with Gasteiger partial charge in [0.25, 0.3) is 0 Å². The summed E-state index contributed by atoms with van der Waals surface area (Å²) >= 11 is 0. The lowest BCUT2D eigenvalue weighted by atomic mass is 9.96. The fourth-order valence-electron chi connectivity index (χ4n) is 4.26. The highest BCUT2D eigenvalue weighted by molar-refractivity contribution is 5.76. The first-order valence-corrected chi connectivity index (χ1v) is 9.05. The smallest absolute Gasteiger partial charge is 0.222 e. The van der Waals surface area contributed by atoms with Gasteiger partial charge in [-0.3, -0.25) is 9.69 Å². The van der Waals surface area contributed by atoms with Crippen LogP contribution in [-0.2, 0) is 4.79 Å². The number of hydrogen-bond donors (Lipinski definition) is 1. The van der Waals surface area contributed by atoms with Crippen molar-refractivity contribution in [3.63, 3.8) is 0 Å². The molecule has 4 nitrogen and oxygen atoms in total. The van der Waals surface area contributed by atoms with Crippen molar-refractivity contribution in [1.82, 2.24) is 15.1 Å². The van der Waals surface area contributed by atoms with E-state index in [0.29, 0.717) is 17.9 Å². The molecule has 0 bridgehead atoms. The third-order valence-electron chi connectivity index (χ3n) is 5.62. The first-order valence-electron chi connectivity index (χ1n) is 9.05. The fourth-order valence-corrected chi connectivity index (χ4v) is 4.26. The van der Waals surface area contributed by atoms with E-state index in [1.165, 1.54) is 44.9 Å². The number of piperazine rings is 1. The van der Waals surface area contributed by atoms with Crippen LogP contribution in [0.15, 0.2) is 0 Å². The minimum atomic E-state index is 0.430. The Labute approximate surface area is 129 Å². The SMILES string of the molecule is O=C(CC1CCCCCC1)N1CCC(N2CCNCC2)C1. The van der Waals surface area contributed by atoms with Gasteiger partial charge in [0.1, 0.15) is 0 Å². The molecule has 0 spiro atoms. The van der Waals surface area contributed by atoms with E-state index < -0.39 is 0 Å². The van der Waals surface area contributed by atoms with E-state index in [0.717, 1.165) is 45.7 Å². The molecule has 1 N–H and O–H groups in total. The second kappa shape index (κ2) is 7.59. The molecule has 21 heavy (non-hydrogen) atoms. The van der Waals surface area contributed by atoms with Crippen LogP contribution in [0.4, 0.5) is 0 Å². The van der Waals surface area contributed by atoms with Gasteiger partial charge >= 0.3 is 0 Å². The summed E-state index contributed by atoms with van der Waals surface area (Å²) in [4.78, 5) is 17.3. The number of likely N-dealkylation sites (tertiary alicyclic amines) is 1. The molecular formula is C17H31N3O. The third-order valence-corrected chi connectivity index (χ3v) is 5.62. The topological polar surface area (TPSA) is 35.6 Å². The quantitative estimate of drug-likeness (QED) is 0.807. The first-order chi connectivity index (χ1) is 10.3. The van der Waals surface area contributed by atoms with E-state index >= 15 is 0 Å². The summed E-state index contributed by atoms with van der Waals surface area (Å²) < 4.78 is 0. The third kappa shape index (κ3) is 4.19. The zero-order valence-electron chi connectivity index (χ0n) is 13.4. The largest absolute Gasteiger partial charge is 0.341 e. The van der Waals surface area contributed by atoms with E-state index in [1.54, 1.807) is 0 Å². The average molecular weight is 293 g/mol. The van der Waals surface area contributed by atoms with Gasteiger partial charge < -0.3 is 10.2 Å². The average Bonchev–Trinajstić information content (AvgIpc) is 2.88. The predicted octanol–water partition coefficient (Wildman–Crippen LogP) is 1.85. The molecule has 1 saturated carbocycles. The van der Waals surface area contributed by atoms with Crippen molar-refractivity contribution in [2.24, 2.45) is 5.92 Å². The van der Waals surface area contributed by atoms with Crippen LogP contribution in [0.5, 0.6) is 0 Å². The zero-order valence-corrected chi connectivity index (χ0v) is 13.4. The van der Waals surface area contributed by atoms with Crippen molar-refractivity contribution in [2.75, 3.05) is 39.3 Å². The Balaban J connectivity index is 1.45. The van der Waals surface area contributed by atoms with Crippen molar-refractivity contribution in [1.29, 1.82) is 0 Å². The fraction of sp³-hybridized carbons (Fsp3) is 0.941. The van der Waals surface area contributed by atoms with Crippen LogP contribution in [0.3, 0.4) is 0 Å². The van der Waals surface area contributed by atoms with E-state index in [-0.39, 0.29) is 0 Å². The maximum absolute atomic E-state index is 12.5. The van der Waals surface area contributed by atoms with Crippen LogP contribution in [-0.4, -0.2) is 61.0 Å². The highest BCUT2D eigenvalue weighted by Gasteiger charge is 2.31. The number of amides is 1. The van der Waals surface area contributed by atoms with E-state index in [2.05, 4.69) is 15.1 Å². The molecule has 1 aliphatic carbocycles. The summed E-state index contributed by atoms with van der Waals surface area (Å²) in [6.45, 7) is 6.47. The predicted molar refractivity (Wildman–Crippen MR) is 85.2 cm³/mol. The van der Waals surface area contributed by atoms with Crippen LogP contribution in [0.2, 0.25) is 0 Å². The summed E-state index contributed by atoms with van der Waals surface area (Å²) in [6.07, 6.45) is 9.97. The summed E-state index contributed by atoms with van der Waals surface area (Å²) in [7, 11) is 0.